The first-order chi connectivity index (χ1) is 17.9. The van der Waals surface area contributed by atoms with Crippen LogP contribution in [0.5, 0.6) is 5.75 Å². The van der Waals surface area contributed by atoms with Crippen LogP contribution in [-0.4, -0.2) is 46.3 Å². The highest BCUT2D eigenvalue weighted by atomic mass is 32.2. The fourth-order valence-corrected chi connectivity index (χ4v) is 4.93. The van der Waals surface area contributed by atoms with E-state index in [9.17, 15) is 14.4 Å². The second kappa shape index (κ2) is 12.0. The van der Waals surface area contributed by atoms with Gasteiger partial charge in [0, 0.05) is 17.1 Å². The molecule has 1 saturated heterocycles. The van der Waals surface area contributed by atoms with Gasteiger partial charge in [0.1, 0.15) is 12.4 Å². The highest BCUT2D eigenvalue weighted by Gasteiger charge is 2.35. The molecule has 2 aromatic carbocycles. The van der Waals surface area contributed by atoms with Crippen LogP contribution in [0.1, 0.15) is 47.1 Å². The Morgan fingerprint density at radius 2 is 1.73 bits per heavy atom. The number of esters is 1. The number of rotatable bonds is 10. The van der Waals surface area contributed by atoms with Crippen molar-refractivity contribution in [1.82, 2.24) is 9.47 Å². The number of thioether (sulfide) groups is 1. The van der Waals surface area contributed by atoms with Gasteiger partial charge in [-0.15, -0.1) is 0 Å². The van der Waals surface area contributed by atoms with Crippen LogP contribution in [0, 0.1) is 13.8 Å². The van der Waals surface area contributed by atoms with Crippen molar-refractivity contribution in [2.45, 2.75) is 33.6 Å². The Hall–Kier alpha value is -3.78. The minimum absolute atomic E-state index is 0.184. The summed E-state index contributed by atoms with van der Waals surface area (Å²) in [5, 5.41) is -0.303. The number of amides is 2. The van der Waals surface area contributed by atoms with E-state index in [0.717, 1.165) is 47.2 Å². The Labute approximate surface area is 221 Å². The molecular weight excluding hydrogens is 488 g/mol. The predicted octanol–water partition coefficient (Wildman–Crippen LogP) is 6.17. The lowest BCUT2D eigenvalue weighted by molar-refractivity contribution is -0.123. The van der Waals surface area contributed by atoms with Crippen LogP contribution in [0.2, 0.25) is 0 Å². The first-order valence-corrected chi connectivity index (χ1v) is 13.1. The molecule has 1 fully saturated rings. The van der Waals surface area contributed by atoms with Crippen LogP contribution in [0.15, 0.2) is 65.6 Å². The third-order valence-electron chi connectivity index (χ3n) is 6.05. The first-order valence-electron chi connectivity index (χ1n) is 12.3. The number of para-hydroxylation sites is 1. The maximum Gasteiger partial charge on any atom is 0.338 e. The second-order valence-corrected chi connectivity index (χ2v) is 9.69. The average molecular weight is 519 g/mol. The Morgan fingerprint density at radius 3 is 2.43 bits per heavy atom. The maximum absolute atomic E-state index is 12.9. The number of unbranched alkanes of at least 4 members (excludes halogenated alkanes) is 1. The summed E-state index contributed by atoms with van der Waals surface area (Å²) in [6.45, 7) is 6.82. The van der Waals surface area contributed by atoms with Gasteiger partial charge in [-0.05, 0) is 86.1 Å². The fourth-order valence-electron chi connectivity index (χ4n) is 4.08. The van der Waals surface area contributed by atoms with Gasteiger partial charge in [0.2, 0.25) is 0 Å². The smallest absolute Gasteiger partial charge is 0.338 e. The Bertz CT molecular complexity index is 1310. The molecule has 0 spiro atoms. The molecule has 37 heavy (non-hydrogen) atoms. The van der Waals surface area contributed by atoms with Crippen LogP contribution in [-0.2, 0) is 9.53 Å². The zero-order valence-corrected chi connectivity index (χ0v) is 22.0. The summed E-state index contributed by atoms with van der Waals surface area (Å²) >= 11 is 0.938. The second-order valence-electron chi connectivity index (χ2n) is 8.69. The molecule has 0 saturated carbocycles. The molecular formula is C29H30N2O5S. The molecule has 0 radical (unpaired) electrons. The van der Waals surface area contributed by atoms with Gasteiger partial charge in [-0.3, -0.25) is 14.5 Å². The van der Waals surface area contributed by atoms with Gasteiger partial charge in [-0.1, -0.05) is 31.5 Å². The van der Waals surface area contributed by atoms with Crippen LogP contribution in [0.4, 0.5) is 4.79 Å². The van der Waals surface area contributed by atoms with Crippen LogP contribution in [0.3, 0.4) is 0 Å². The molecule has 0 bridgehead atoms. The van der Waals surface area contributed by atoms with Gasteiger partial charge in [-0.25, -0.2) is 4.79 Å². The lowest BCUT2D eigenvalue weighted by Crippen LogP contribution is -2.32. The lowest BCUT2D eigenvalue weighted by atomic mass is 10.2. The number of benzene rings is 2. The van der Waals surface area contributed by atoms with Gasteiger partial charge >= 0.3 is 5.97 Å². The number of carbonyl (C=O) groups is 3. The number of ether oxygens (including phenoxy) is 2. The molecule has 2 amide bonds. The van der Waals surface area contributed by atoms with Gasteiger partial charge in [0.05, 0.1) is 23.6 Å². The topological polar surface area (TPSA) is 77.8 Å². The minimum atomic E-state index is -0.327. The highest BCUT2D eigenvalue weighted by Crippen LogP contribution is 2.33. The zero-order valence-electron chi connectivity index (χ0n) is 21.2. The van der Waals surface area contributed by atoms with Gasteiger partial charge in [0.15, 0.2) is 0 Å². The monoisotopic (exact) mass is 518 g/mol. The quantitative estimate of drug-likeness (QED) is 0.182. The van der Waals surface area contributed by atoms with E-state index in [-0.39, 0.29) is 30.3 Å². The van der Waals surface area contributed by atoms with Crippen molar-refractivity contribution in [2.75, 3.05) is 19.8 Å². The minimum Gasteiger partial charge on any atom is -0.492 e. The fraction of sp³-hybridized carbons (Fsp3) is 0.276. The molecule has 3 aromatic rings. The van der Waals surface area contributed by atoms with E-state index >= 15 is 0 Å². The molecule has 1 aliphatic rings. The first kappa shape index (κ1) is 26.3. The summed E-state index contributed by atoms with van der Waals surface area (Å²) in [6, 6.07) is 18.5. The molecule has 0 unspecified atom stereocenters. The number of carbonyl (C=O) groups excluding carboxylic acids is 3. The zero-order chi connectivity index (χ0) is 26.4. The molecule has 192 valence electrons. The number of aromatic nitrogens is 1. The standard InChI is InChI=1S/C29H30N2O5S/c1-4-5-16-36-28(33)22-11-13-24(14-12-22)31-20(2)18-23(21(31)3)19-26-27(32)30(29(34)37-26)15-17-35-25-9-7-6-8-10-25/h6-14,18-19H,4-5,15-17H2,1-3H3/b26-19-. The summed E-state index contributed by atoms with van der Waals surface area (Å²) in [6.07, 6.45) is 3.58. The average Bonchev–Trinajstić information content (AvgIpc) is 3.33. The molecule has 0 atom stereocenters. The van der Waals surface area contributed by atoms with Crippen molar-refractivity contribution >= 4 is 35.0 Å². The normalized spacial score (nSPS) is 14.5. The SMILES string of the molecule is CCCCOC(=O)c1ccc(-n2c(C)cc(/C=C3\SC(=O)N(CCOc4ccccc4)C3=O)c2C)cc1. The Balaban J connectivity index is 1.45. The van der Waals surface area contributed by atoms with E-state index < -0.39 is 0 Å². The molecule has 0 N–H and O–H groups in total. The van der Waals surface area contributed by atoms with Crippen molar-refractivity contribution in [2.24, 2.45) is 0 Å². The Kier molecular flexibility index (Phi) is 8.50. The molecule has 1 aromatic heterocycles. The van der Waals surface area contributed by atoms with E-state index in [1.807, 2.05) is 69.3 Å². The molecule has 0 aliphatic carbocycles. The van der Waals surface area contributed by atoms with Crippen molar-refractivity contribution in [3.05, 3.63) is 88.1 Å². The summed E-state index contributed by atoms with van der Waals surface area (Å²) in [4.78, 5) is 39.3. The number of imide groups is 1. The van der Waals surface area contributed by atoms with E-state index in [1.54, 1.807) is 18.2 Å². The Morgan fingerprint density at radius 1 is 1.00 bits per heavy atom. The van der Waals surface area contributed by atoms with E-state index in [1.165, 1.54) is 4.90 Å². The summed E-state index contributed by atoms with van der Waals surface area (Å²) in [5.74, 6) is 0.0489. The number of nitrogens with zero attached hydrogens (tertiary/aromatic N) is 2. The summed E-state index contributed by atoms with van der Waals surface area (Å²) in [5.41, 5.74) is 4.15. The van der Waals surface area contributed by atoms with E-state index in [4.69, 9.17) is 9.47 Å². The van der Waals surface area contributed by atoms with E-state index in [2.05, 4.69) is 4.57 Å². The highest BCUT2D eigenvalue weighted by molar-refractivity contribution is 8.18. The third-order valence-corrected chi connectivity index (χ3v) is 6.96. The van der Waals surface area contributed by atoms with Gasteiger partial charge in [0.25, 0.3) is 11.1 Å². The van der Waals surface area contributed by atoms with Crippen molar-refractivity contribution in [3.8, 4) is 11.4 Å². The molecule has 7 nitrogen and oxygen atoms in total. The molecule has 8 heteroatoms. The molecule has 1 aliphatic heterocycles. The van der Waals surface area contributed by atoms with Gasteiger partial charge < -0.3 is 14.0 Å². The van der Waals surface area contributed by atoms with Crippen LogP contribution in [0.25, 0.3) is 11.8 Å². The summed E-state index contributed by atoms with van der Waals surface area (Å²) < 4.78 is 13.0. The van der Waals surface area contributed by atoms with Crippen molar-refractivity contribution < 1.29 is 23.9 Å². The van der Waals surface area contributed by atoms with Crippen molar-refractivity contribution in [1.29, 1.82) is 0 Å². The van der Waals surface area contributed by atoms with Crippen molar-refractivity contribution in [3.63, 3.8) is 0 Å². The number of hydrogen-bond donors (Lipinski definition) is 0. The molecule has 4 rings (SSSR count). The predicted molar refractivity (Wildman–Crippen MR) is 145 cm³/mol. The number of aryl methyl sites for hydroxylation is 1. The van der Waals surface area contributed by atoms with Gasteiger partial charge in [-0.2, -0.15) is 0 Å². The lowest BCUT2D eigenvalue weighted by Gasteiger charge is -2.13. The van der Waals surface area contributed by atoms with Crippen LogP contribution >= 0.6 is 11.8 Å². The van der Waals surface area contributed by atoms with E-state index in [0.29, 0.717) is 22.8 Å². The largest absolute Gasteiger partial charge is 0.492 e. The maximum atomic E-state index is 12.9. The molecule has 2 heterocycles. The van der Waals surface area contributed by atoms with Crippen LogP contribution < -0.4 is 4.74 Å². The third kappa shape index (κ3) is 6.14. The number of hydrogen-bond acceptors (Lipinski definition) is 6. The summed E-state index contributed by atoms with van der Waals surface area (Å²) in [7, 11) is 0.